The lowest BCUT2D eigenvalue weighted by Crippen LogP contribution is -1.94. The standard InChI is InChI=1S/C19H14BrNOS/c20-17-10-14(8-7-13(17)12-22)21-11-16(19-6-3-9-23-19)15-4-1-2-5-18(15)21/h1-11,22H,12H2. The molecule has 0 saturated carbocycles. The van der Waals surface area contributed by atoms with Crippen LogP contribution in [0.3, 0.4) is 0 Å². The van der Waals surface area contributed by atoms with Crippen molar-refractivity contribution in [3.8, 4) is 16.1 Å². The van der Waals surface area contributed by atoms with Crippen molar-refractivity contribution in [3.05, 3.63) is 76.2 Å². The molecule has 0 aliphatic carbocycles. The molecule has 0 fully saturated rings. The normalized spacial score (nSPS) is 11.2. The highest BCUT2D eigenvalue weighted by Crippen LogP contribution is 2.35. The summed E-state index contributed by atoms with van der Waals surface area (Å²) < 4.78 is 3.13. The number of benzene rings is 2. The zero-order valence-electron chi connectivity index (χ0n) is 12.2. The van der Waals surface area contributed by atoms with Crippen molar-refractivity contribution >= 4 is 38.2 Å². The third-order valence-electron chi connectivity index (χ3n) is 3.98. The van der Waals surface area contributed by atoms with Crippen molar-refractivity contribution in [3.63, 3.8) is 0 Å². The van der Waals surface area contributed by atoms with Gasteiger partial charge in [-0.15, -0.1) is 11.3 Å². The zero-order valence-corrected chi connectivity index (χ0v) is 14.6. The topological polar surface area (TPSA) is 25.2 Å². The molecule has 0 spiro atoms. The summed E-state index contributed by atoms with van der Waals surface area (Å²) in [5.41, 5.74) is 4.40. The maximum atomic E-state index is 9.35. The fourth-order valence-corrected chi connectivity index (χ4v) is 4.08. The summed E-state index contributed by atoms with van der Waals surface area (Å²) in [6.45, 7) is 0.0355. The third kappa shape index (κ3) is 2.53. The molecule has 0 unspecified atom stereocenters. The number of aromatic nitrogens is 1. The lowest BCUT2D eigenvalue weighted by Gasteiger charge is -2.08. The Morgan fingerprint density at radius 2 is 1.91 bits per heavy atom. The van der Waals surface area contributed by atoms with Crippen molar-refractivity contribution in [2.24, 2.45) is 0 Å². The van der Waals surface area contributed by atoms with Crippen molar-refractivity contribution in [2.75, 3.05) is 0 Å². The van der Waals surface area contributed by atoms with Crippen LogP contribution in [0.1, 0.15) is 5.56 Å². The molecule has 23 heavy (non-hydrogen) atoms. The van der Waals surface area contributed by atoms with E-state index in [4.69, 9.17) is 0 Å². The van der Waals surface area contributed by atoms with Crippen LogP contribution in [0.15, 0.2) is 70.6 Å². The van der Waals surface area contributed by atoms with Crippen LogP contribution in [0.25, 0.3) is 27.0 Å². The molecule has 0 amide bonds. The third-order valence-corrected chi connectivity index (χ3v) is 5.63. The second-order valence-electron chi connectivity index (χ2n) is 5.34. The highest BCUT2D eigenvalue weighted by molar-refractivity contribution is 9.10. The van der Waals surface area contributed by atoms with E-state index < -0.39 is 0 Å². The Kier molecular flexibility index (Phi) is 3.81. The highest BCUT2D eigenvalue weighted by Gasteiger charge is 2.12. The van der Waals surface area contributed by atoms with Gasteiger partial charge >= 0.3 is 0 Å². The molecule has 0 atom stereocenters. The van der Waals surface area contributed by atoms with Gasteiger partial charge < -0.3 is 9.67 Å². The summed E-state index contributed by atoms with van der Waals surface area (Å²) in [4.78, 5) is 1.27. The van der Waals surface area contributed by atoms with E-state index in [0.717, 1.165) is 15.7 Å². The summed E-state index contributed by atoms with van der Waals surface area (Å²) in [6.07, 6.45) is 2.19. The number of thiophene rings is 1. The molecule has 0 saturated heterocycles. The first-order chi connectivity index (χ1) is 11.3. The fraction of sp³-hybridized carbons (Fsp3) is 0.0526. The van der Waals surface area contributed by atoms with E-state index in [1.54, 1.807) is 11.3 Å². The smallest absolute Gasteiger partial charge is 0.0692 e. The van der Waals surface area contributed by atoms with Crippen molar-refractivity contribution in [1.82, 2.24) is 4.57 Å². The first-order valence-corrected chi connectivity index (χ1v) is 8.99. The Hall–Kier alpha value is -1.88. The van der Waals surface area contributed by atoms with Crippen molar-refractivity contribution < 1.29 is 5.11 Å². The number of para-hydroxylation sites is 1. The summed E-state index contributed by atoms with van der Waals surface area (Å²) >= 11 is 5.30. The van der Waals surface area contributed by atoms with E-state index in [9.17, 15) is 5.11 Å². The van der Waals surface area contributed by atoms with Gasteiger partial charge in [-0.3, -0.25) is 0 Å². The number of rotatable bonds is 3. The summed E-state index contributed by atoms with van der Waals surface area (Å²) in [5.74, 6) is 0. The Bertz CT molecular complexity index is 972. The Morgan fingerprint density at radius 3 is 2.65 bits per heavy atom. The lowest BCUT2D eigenvalue weighted by atomic mass is 10.1. The zero-order chi connectivity index (χ0) is 15.8. The molecular weight excluding hydrogens is 370 g/mol. The molecule has 2 nitrogen and oxygen atoms in total. The highest BCUT2D eigenvalue weighted by atomic mass is 79.9. The van der Waals surface area contributed by atoms with E-state index in [1.165, 1.54) is 21.3 Å². The molecule has 4 heteroatoms. The van der Waals surface area contributed by atoms with Crippen LogP contribution in [0, 0.1) is 0 Å². The predicted octanol–water partition coefficient (Wildman–Crippen LogP) is 5.61. The van der Waals surface area contributed by atoms with Crippen LogP contribution < -0.4 is 0 Å². The quantitative estimate of drug-likeness (QED) is 0.488. The van der Waals surface area contributed by atoms with Crippen LogP contribution >= 0.6 is 27.3 Å². The first-order valence-electron chi connectivity index (χ1n) is 7.31. The molecule has 2 aromatic heterocycles. The number of hydrogen-bond acceptors (Lipinski definition) is 2. The van der Waals surface area contributed by atoms with Gasteiger partial charge in [0.15, 0.2) is 0 Å². The van der Waals surface area contributed by atoms with Crippen molar-refractivity contribution in [2.45, 2.75) is 6.61 Å². The van der Waals surface area contributed by atoms with Crippen LogP contribution in [0.5, 0.6) is 0 Å². The number of hydrogen-bond donors (Lipinski definition) is 1. The van der Waals surface area contributed by atoms with Gasteiger partial charge in [0, 0.05) is 32.2 Å². The second kappa shape index (κ2) is 5.96. The van der Waals surface area contributed by atoms with Gasteiger partial charge in [0.25, 0.3) is 0 Å². The molecule has 0 aliphatic heterocycles. The first kappa shape index (κ1) is 14.7. The number of halogens is 1. The van der Waals surface area contributed by atoms with Crippen LogP contribution in [-0.2, 0) is 6.61 Å². The number of nitrogens with zero attached hydrogens (tertiary/aromatic N) is 1. The number of aliphatic hydroxyl groups is 1. The van der Waals surface area contributed by atoms with Crippen LogP contribution in [0.4, 0.5) is 0 Å². The molecule has 4 rings (SSSR count). The molecule has 114 valence electrons. The number of fused-ring (bicyclic) bond motifs is 1. The Labute approximate surface area is 146 Å². The van der Waals surface area contributed by atoms with Gasteiger partial charge in [-0.25, -0.2) is 0 Å². The SMILES string of the molecule is OCc1ccc(-n2cc(-c3cccs3)c3ccccc32)cc1Br. The maximum absolute atomic E-state index is 9.35. The fourth-order valence-electron chi connectivity index (χ4n) is 2.84. The van der Waals surface area contributed by atoms with Gasteiger partial charge in [-0.05, 0) is 35.2 Å². The lowest BCUT2D eigenvalue weighted by molar-refractivity contribution is 0.281. The molecule has 4 aromatic rings. The molecule has 2 heterocycles. The van der Waals surface area contributed by atoms with Crippen LogP contribution in [0.2, 0.25) is 0 Å². The largest absolute Gasteiger partial charge is 0.392 e. The van der Waals surface area contributed by atoms with Crippen molar-refractivity contribution in [1.29, 1.82) is 0 Å². The average Bonchev–Trinajstić information content (AvgIpc) is 3.22. The molecular formula is C19H14BrNOS. The summed E-state index contributed by atoms with van der Waals surface area (Å²) in [6, 6.07) is 18.7. The van der Waals surface area contributed by atoms with E-state index in [0.29, 0.717) is 0 Å². The van der Waals surface area contributed by atoms with Gasteiger partial charge in [-0.1, -0.05) is 46.3 Å². The van der Waals surface area contributed by atoms with E-state index in [2.05, 4.69) is 74.5 Å². The van der Waals surface area contributed by atoms with Gasteiger partial charge in [0.2, 0.25) is 0 Å². The summed E-state index contributed by atoms with van der Waals surface area (Å²) in [5, 5.41) is 12.7. The average molecular weight is 384 g/mol. The van der Waals surface area contributed by atoms with Gasteiger partial charge in [-0.2, -0.15) is 0 Å². The molecule has 2 aromatic carbocycles. The second-order valence-corrected chi connectivity index (χ2v) is 7.14. The minimum Gasteiger partial charge on any atom is -0.392 e. The van der Waals surface area contributed by atoms with Gasteiger partial charge in [0.1, 0.15) is 0 Å². The molecule has 1 N–H and O–H groups in total. The van der Waals surface area contributed by atoms with E-state index >= 15 is 0 Å². The maximum Gasteiger partial charge on any atom is 0.0692 e. The van der Waals surface area contributed by atoms with Gasteiger partial charge in [0.05, 0.1) is 12.1 Å². The Balaban J connectivity index is 1.96. The monoisotopic (exact) mass is 383 g/mol. The van der Waals surface area contributed by atoms with E-state index in [1.807, 2.05) is 12.1 Å². The number of aliphatic hydroxyl groups excluding tert-OH is 1. The molecule has 0 radical (unpaired) electrons. The minimum atomic E-state index is 0.0355. The Morgan fingerprint density at radius 1 is 1.04 bits per heavy atom. The molecule has 0 bridgehead atoms. The van der Waals surface area contributed by atoms with E-state index in [-0.39, 0.29) is 6.61 Å². The van der Waals surface area contributed by atoms with Crippen LogP contribution in [-0.4, -0.2) is 9.67 Å². The predicted molar refractivity (Wildman–Crippen MR) is 100 cm³/mol. The summed E-state index contributed by atoms with van der Waals surface area (Å²) in [7, 11) is 0. The molecule has 0 aliphatic rings. The minimum absolute atomic E-state index is 0.0355.